The highest BCUT2D eigenvalue weighted by Gasteiger charge is 2.24. The zero-order chi connectivity index (χ0) is 26.6. The molecule has 5 heteroatoms. The maximum absolute atomic E-state index is 4.74. The number of nitrogens with zero attached hydrogens (tertiary/aromatic N) is 5. The van der Waals surface area contributed by atoms with Gasteiger partial charge in [-0.05, 0) is 85.0 Å². The first-order valence-electron chi connectivity index (χ1n) is 13.7. The molecule has 7 aromatic rings. The number of hydrogen-bond acceptors (Lipinski definition) is 3. The quantitative estimate of drug-likeness (QED) is 0.237. The average Bonchev–Trinajstić information content (AvgIpc) is 3.53. The Morgan fingerprint density at radius 1 is 0.650 bits per heavy atom. The number of anilines is 3. The lowest BCUT2D eigenvalue weighted by atomic mass is 10.0. The highest BCUT2D eigenvalue weighted by Crippen LogP contribution is 2.44. The van der Waals surface area contributed by atoms with E-state index >= 15 is 0 Å². The first-order chi connectivity index (χ1) is 19.7. The van der Waals surface area contributed by atoms with Gasteiger partial charge in [-0.1, -0.05) is 54.6 Å². The van der Waals surface area contributed by atoms with Gasteiger partial charge in [-0.25, -0.2) is 9.67 Å². The Balaban J connectivity index is 1.40. The Morgan fingerprint density at radius 3 is 2.27 bits per heavy atom. The van der Waals surface area contributed by atoms with Gasteiger partial charge >= 0.3 is 0 Å². The van der Waals surface area contributed by atoms with Gasteiger partial charge in [0, 0.05) is 34.5 Å². The lowest BCUT2D eigenvalue weighted by Gasteiger charge is -2.28. The number of aryl methyl sites for hydroxylation is 3. The first-order valence-corrected chi connectivity index (χ1v) is 13.7. The number of hydrogen-bond donors (Lipinski definition) is 0. The van der Waals surface area contributed by atoms with Crippen LogP contribution in [0.2, 0.25) is 0 Å². The second-order valence-corrected chi connectivity index (χ2v) is 10.5. The minimum Gasteiger partial charge on any atom is -0.310 e. The molecule has 192 valence electrons. The number of fused-ring (bicyclic) bond motifs is 5. The molecule has 0 unspecified atom stereocenters. The molecule has 1 aliphatic heterocycles. The van der Waals surface area contributed by atoms with Crippen LogP contribution < -0.4 is 4.90 Å². The fraction of sp³-hybridized carbons (Fsp3) is 0.0857. The predicted octanol–water partition coefficient (Wildman–Crippen LogP) is 8.24. The molecule has 4 aromatic carbocycles. The summed E-state index contributed by atoms with van der Waals surface area (Å²) in [5, 5.41) is 7.04. The van der Waals surface area contributed by atoms with E-state index in [9.17, 15) is 0 Å². The Morgan fingerprint density at radius 2 is 1.43 bits per heavy atom. The van der Waals surface area contributed by atoms with Crippen molar-refractivity contribution in [3.63, 3.8) is 0 Å². The van der Waals surface area contributed by atoms with Gasteiger partial charge in [-0.2, -0.15) is 5.10 Å². The molecule has 0 saturated carbocycles. The molecular weight excluding hydrogens is 490 g/mol. The van der Waals surface area contributed by atoms with Crippen molar-refractivity contribution in [3.8, 4) is 11.5 Å². The van der Waals surface area contributed by atoms with Crippen molar-refractivity contribution in [2.45, 2.75) is 19.8 Å². The third-order valence-corrected chi connectivity index (χ3v) is 7.98. The molecule has 0 aliphatic carbocycles. The minimum atomic E-state index is 0.916. The van der Waals surface area contributed by atoms with Gasteiger partial charge < -0.3 is 4.90 Å². The molecule has 0 fully saturated rings. The van der Waals surface area contributed by atoms with E-state index in [4.69, 9.17) is 4.98 Å². The van der Waals surface area contributed by atoms with Crippen molar-refractivity contribution in [1.82, 2.24) is 19.3 Å². The molecule has 0 radical (unpaired) electrons. The summed E-state index contributed by atoms with van der Waals surface area (Å²) in [6.07, 6.45) is 7.82. The summed E-state index contributed by atoms with van der Waals surface area (Å²) in [6.45, 7) is 2.07. The Hall–Kier alpha value is -5.16. The molecule has 0 saturated heterocycles. The maximum Gasteiger partial charge on any atom is 0.137 e. The third kappa shape index (κ3) is 3.55. The highest BCUT2D eigenvalue weighted by atomic mass is 15.3. The molecule has 0 atom stereocenters. The second kappa shape index (κ2) is 8.95. The van der Waals surface area contributed by atoms with Gasteiger partial charge in [-0.3, -0.25) is 4.57 Å². The van der Waals surface area contributed by atoms with Crippen LogP contribution in [0.1, 0.15) is 16.7 Å². The van der Waals surface area contributed by atoms with Gasteiger partial charge in [0.15, 0.2) is 0 Å². The number of benzene rings is 4. The summed E-state index contributed by atoms with van der Waals surface area (Å²) in [5.74, 6) is 0.916. The summed E-state index contributed by atoms with van der Waals surface area (Å²) < 4.78 is 4.24. The van der Waals surface area contributed by atoms with E-state index in [1.165, 1.54) is 33.3 Å². The zero-order valence-electron chi connectivity index (χ0n) is 22.2. The van der Waals surface area contributed by atoms with E-state index in [1.807, 2.05) is 29.2 Å². The van der Waals surface area contributed by atoms with Crippen LogP contribution in [-0.2, 0) is 12.8 Å². The Kier molecular flexibility index (Phi) is 5.10. The smallest absolute Gasteiger partial charge is 0.137 e. The second-order valence-electron chi connectivity index (χ2n) is 10.5. The van der Waals surface area contributed by atoms with E-state index in [1.54, 1.807) is 0 Å². The lowest BCUT2D eigenvalue weighted by Crippen LogP contribution is -2.12. The van der Waals surface area contributed by atoms with Crippen LogP contribution >= 0.6 is 0 Å². The third-order valence-electron chi connectivity index (χ3n) is 7.98. The molecule has 40 heavy (non-hydrogen) atoms. The molecule has 1 aliphatic rings. The van der Waals surface area contributed by atoms with Gasteiger partial charge in [0.05, 0.1) is 28.6 Å². The van der Waals surface area contributed by atoms with Crippen molar-refractivity contribution >= 4 is 38.9 Å². The summed E-state index contributed by atoms with van der Waals surface area (Å²) in [5.41, 5.74) is 10.7. The van der Waals surface area contributed by atoms with Crippen LogP contribution in [-0.4, -0.2) is 19.3 Å². The van der Waals surface area contributed by atoms with Crippen LogP contribution in [0.5, 0.6) is 0 Å². The highest BCUT2D eigenvalue weighted by molar-refractivity contribution is 6.10. The lowest BCUT2D eigenvalue weighted by molar-refractivity contribution is 0.877. The van der Waals surface area contributed by atoms with Crippen molar-refractivity contribution in [3.05, 3.63) is 138 Å². The molecular formula is C35H27N5. The normalized spacial score (nSPS) is 12.9. The molecule has 0 N–H and O–H groups in total. The monoisotopic (exact) mass is 517 g/mol. The van der Waals surface area contributed by atoms with E-state index < -0.39 is 0 Å². The molecule has 3 aromatic heterocycles. The molecule has 8 rings (SSSR count). The van der Waals surface area contributed by atoms with Crippen molar-refractivity contribution < 1.29 is 0 Å². The van der Waals surface area contributed by atoms with Gasteiger partial charge in [-0.15, -0.1) is 0 Å². The topological polar surface area (TPSA) is 38.9 Å². The Labute approximate surface area is 232 Å². The SMILES string of the molecule is Cc1cnn(-c2ccc3c(c2)N(c2ccc4c5ccccc5n(-c5ccccn5)c4c2)c2ccccc2CC3)c1. The fourth-order valence-corrected chi connectivity index (χ4v) is 6.12. The maximum atomic E-state index is 4.74. The number of pyridine rings is 1. The minimum absolute atomic E-state index is 0.916. The van der Waals surface area contributed by atoms with Gasteiger partial charge in [0.25, 0.3) is 0 Å². The fourth-order valence-electron chi connectivity index (χ4n) is 6.12. The van der Waals surface area contributed by atoms with E-state index in [2.05, 4.69) is 119 Å². The predicted molar refractivity (Wildman–Crippen MR) is 163 cm³/mol. The summed E-state index contributed by atoms with van der Waals surface area (Å²) >= 11 is 0. The van der Waals surface area contributed by atoms with Crippen LogP contribution in [0.4, 0.5) is 17.1 Å². The molecule has 4 heterocycles. The van der Waals surface area contributed by atoms with E-state index in [-0.39, 0.29) is 0 Å². The summed E-state index contributed by atoms with van der Waals surface area (Å²) in [6, 6.07) is 37.0. The molecule has 0 amide bonds. The average molecular weight is 518 g/mol. The molecule has 0 bridgehead atoms. The summed E-state index contributed by atoms with van der Waals surface area (Å²) in [4.78, 5) is 7.17. The molecule has 0 spiro atoms. The van der Waals surface area contributed by atoms with Gasteiger partial charge in [0.1, 0.15) is 5.82 Å². The largest absolute Gasteiger partial charge is 0.310 e. The first kappa shape index (κ1) is 22.8. The van der Waals surface area contributed by atoms with Crippen LogP contribution in [0.15, 0.2) is 122 Å². The van der Waals surface area contributed by atoms with Crippen molar-refractivity contribution in [2.24, 2.45) is 0 Å². The number of rotatable bonds is 3. The van der Waals surface area contributed by atoms with E-state index in [0.29, 0.717) is 0 Å². The van der Waals surface area contributed by atoms with E-state index in [0.717, 1.165) is 46.6 Å². The standard InChI is InChI=1S/C35H27N5/c1-24-22-37-38(23-24)27-16-15-26-14-13-25-8-2-4-10-31(25)39(33(26)20-27)28-17-18-30-29-9-3-5-11-32(29)40(34(30)21-28)35-12-6-7-19-36-35/h2-12,15-23H,13-14H2,1H3. The van der Waals surface area contributed by atoms with Crippen LogP contribution in [0.3, 0.4) is 0 Å². The van der Waals surface area contributed by atoms with Gasteiger partial charge in [0.2, 0.25) is 0 Å². The number of aromatic nitrogens is 4. The number of para-hydroxylation sites is 2. The van der Waals surface area contributed by atoms with Crippen LogP contribution in [0.25, 0.3) is 33.3 Å². The van der Waals surface area contributed by atoms with Crippen molar-refractivity contribution in [1.29, 1.82) is 0 Å². The molecule has 5 nitrogen and oxygen atoms in total. The Bertz CT molecular complexity index is 2030. The van der Waals surface area contributed by atoms with Crippen molar-refractivity contribution in [2.75, 3.05) is 4.90 Å². The summed E-state index contributed by atoms with van der Waals surface area (Å²) in [7, 11) is 0. The van der Waals surface area contributed by atoms with Crippen LogP contribution in [0, 0.1) is 6.92 Å². The zero-order valence-corrected chi connectivity index (χ0v) is 22.2.